The van der Waals surface area contributed by atoms with Crippen molar-refractivity contribution in [2.24, 2.45) is 0 Å². The second-order valence-corrected chi connectivity index (χ2v) is 18.5. The summed E-state index contributed by atoms with van der Waals surface area (Å²) in [5.74, 6) is -0.226. The van der Waals surface area contributed by atoms with Crippen LogP contribution < -0.4 is 15.7 Å². The van der Waals surface area contributed by atoms with E-state index in [1.54, 1.807) is 24.7 Å². The minimum Gasteiger partial charge on any atom is -0.403 e. The second kappa shape index (κ2) is 16.5. The van der Waals surface area contributed by atoms with Crippen molar-refractivity contribution >= 4 is 66.0 Å². The predicted octanol–water partition coefficient (Wildman–Crippen LogP) is 9.15. The van der Waals surface area contributed by atoms with E-state index in [4.69, 9.17) is 27.6 Å². The SMILES string of the molecule is CC(C)(C)[Si](OCc1c(Cl)ccc(-n2cccc2CNC(=O)/C=C/c2ccc(/C=C/c3ccncc3)nc2)c1Cl)(c1ccccc1)c1ccccc1. The van der Waals surface area contributed by atoms with Gasteiger partial charge in [0.15, 0.2) is 0 Å². The highest BCUT2D eigenvalue weighted by atomic mass is 35.5. The van der Waals surface area contributed by atoms with Gasteiger partial charge in [-0.15, -0.1) is 0 Å². The van der Waals surface area contributed by atoms with E-state index in [9.17, 15) is 4.79 Å². The lowest BCUT2D eigenvalue weighted by Crippen LogP contribution is -2.66. The molecule has 0 radical (unpaired) electrons. The van der Waals surface area contributed by atoms with Gasteiger partial charge in [0.1, 0.15) is 0 Å². The third-order valence-electron chi connectivity index (χ3n) is 8.94. The first-order valence-electron chi connectivity index (χ1n) is 17.0. The van der Waals surface area contributed by atoms with Crippen LogP contribution >= 0.6 is 23.2 Å². The molecule has 0 aliphatic heterocycles. The summed E-state index contributed by atoms with van der Waals surface area (Å²) in [5.41, 5.74) is 5.01. The lowest BCUT2D eigenvalue weighted by molar-refractivity contribution is -0.116. The van der Waals surface area contributed by atoms with Crippen LogP contribution in [0.4, 0.5) is 0 Å². The number of nitrogens with one attached hydrogen (secondary N) is 1. The molecule has 3 aromatic carbocycles. The fraction of sp³-hybridized carbons (Fsp3) is 0.140. The molecule has 0 unspecified atom stereocenters. The summed E-state index contributed by atoms with van der Waals surface area (Å²) in [6.07, 6.45) is 14.3. The molecule has 3 heterocycles. The van der Waals surface area contributed by atoms with Gasteiger partial charge in [-0.3, -0.25) is 14.8 Å². The summed E-state index contributed by atoms with van der Waals surface area (Å²) in [6, 6.07) is 36.3. The average molecular weight is 744 g/mol. The van der Waals surface area contributed by atoms with Gasteiger partial charge in [-0.25, -0.2) is 0 Å². The van der Waals surface area contributed by atoms with Crippen molar-refractivity contribution in [1.82, 2.24) is 19.9 Å². The lowest BCUT2D eigenvalue weighted by Gasteiger charge is -2.43. The van der Waals surface area contributed by atoms with Crippen molar-refractivity contribution in [3.05, 3.63) is 178 Å². The largest absolute Gasteiger partial charge is 0.403 e. The maximum absolute atomic E-state index is 12.8. The number of pyridine rings is 2. The molecule has 3 aromatic heterocycles. The summed E-state index contributed by atoms with van der Waals surface area (Å²) in [5, 5.41) is 6.17. The highest BCUT2D eigenvalue weighted by Gasteiger charge is 2.50. The number of benzene rings is 3. The Bertz CT molecular complexity index is 2120. The van der Waals surface area contributed by atoms with Gasteiger partial charge < -0.3 is 14.3 Å². The smallest absolute Gasteiger partial charge is 0.261 e. The van der Waals surface area contributed by atoms with Crippen LogP contribution in [0.25, 0.3) is 23.9 Å². The minimum absolute atomic E-state index is 0.204. The van der Waals surface area contributed by atoms with Gasteiger partial charge in [-0.2, -0.15) is 0 Å². The predicted molar refractivity (Wildman–Crippen MR) is 216 cm³/mol. The van der Waals surface area contributed by atoms with Gasteiger partial charge >= 0.3 is 0 Å². The van der Waals surface area contributed by atoms with Crippen molar-refractivity contribution in [3.8, 4) is 5.69 Å². The molecular weight excluding hydrogens is 703 g/mol. The van der Waals surface area contributed by atoms with Crippen LogP contribution in [0.1, 0.15) is 48.8 Å². The van der Waals surface area contributed by atoms with E-state index in [-0.39, 0.29) is 17.6 Å². The molecule has 0 aliphatic rings. The molecule has 0 spiro atoms. The molecule has 9 heteroatoms. The fourth-order valence-corrected chi connectivity index (χ4v) is 11.4. The fourth-order valence-electron chi connectivity index (χ4n) is 6.32. The van der Waals surface area contributed by atoms with E-state index in [1.807, 2.05) is 83.6 Å². The van der Waals surface area contributed by atoms with Gasteiger partial charge in [0, 0.05) is 47.1 Å². The van der Waals surface area contributed by atoms with Gasteiger partial charge in [-0.1, -0.05) is 117 Å². The highest BCUT2D eigenvalue weighted by molar-refractivity contribution is 6.99. The maximum atomic E-state index is 12.8. The topological polar surface area (TPSA) is 69.0 Å². The zero-order chi connectivity index (χ0) is 36.6. The molecule has 52 heavy (non-hydrogen) atoms. The van der Waals surface area contributed by atoms with Crippen molar-refractivity contribution in [2.45, 2.75) is 39.0 Å². The number of aromatic nitrogens is 3. The van der Waals surface area contributed by atoms with E-state index >= 15 is 0 Å². The Hall–Kier alpha value is -5.05. The third kappa shape index (κ3) is 8.35. The Labute approximate surface area is 316 Å². The van der Waals surface area contributed by atoms with Crippen molar-refractivity contribution < 1.29 is 9.22 Å². The first-order valence-corrected chi connectivity index (χ1v) is 19.7. The van der Waals surface area contributed by atoms with E-state index in [0.717, 1.165) is 28.2 Å². The molecule has 1 N–H and O–H groups in total. The summed E-state index contributed by atoms with van der Waals surface area (Å²) in [4.78, 5) is 21.4. The molecule has 6 rings (SSSR count). The lowest BCUT2D eigenvalue weighted by atomic mass is 10.2. The molecule has 0 saturated heterocycles. The number of nitrogens with zero attached hydrogens (tertiary/aromatic N) is 3. The Morgan fingerprint density at radius 3 is 2.13 bits per heavy atom. The molecule has 0 atom stereocenters. The quantitative estimate of drug-likeness (QED) is 0.100. The number of hydrogen-bond donors (Lipinski definition) is 1. The van der Waals surface area contributed by atoms with Crippen LogP contribution in [0.15, 0.2) is 140 Å². The normalized spacial score (nSPS) is 12.1. The van der Waals surface area contributed by atoms with Crippen molar-refractivity contribution in [1.29, 1.82) is 0 Å². The Kier molecular flexibility index (Phi) is 11.7. The zero-order valence-corrected chi connectivity index (χ0v) is 31.9. The van der Waals surface area contributed by atoms with Crippen LogP contribution in [0.5, 0.6) is 0 Å². The number of carbonyl (C=O) groups excluding carboxylic acids is 1. The number of amides is 1. The van der Waals surface area contributed by atoms with Gasteiger partial charge in [0.25, 0.3) is 8.32 Å². The molecule has 0 bridgehead atoms. The molecule has 6 aromatic rings. The molecule has 6 nitrogen and oxygen atoms in total. The summed E-state index contributed by atoms with van der Waals surface area (Å²) in [6.45, 7) is 7.25. The number of halogens is 2. The van der Waals surface area contributed by atoms with Crippen LogP contribution in [0.3, 0.4) is 0 Å². The van der Waals surface area contributed by atoms with E-state index in [2.05, 4.69) is 84.6 Å². The first-order chi connectivity index (χ1) is 25.2. The number of hydrogen-bond acceptors (Lipinski definition) is 4. The summed E-state index contributed by atoms with van der Waals surface area (Å²) in [7, 11) is -2.84. The number of rotatable bonds is 12. The average Bonchev–Trinajstić information content (AvgIpc) is 3.63. The van der Waals surface area contributed by atoms with E-state index in [1.165, 1.54) is 16.4 Å². The van der Waals surface area contributed by atoms with Crippen LogP contribution in [0.2, 0.25) is 15.1 Å². The highest BCUT2D eigenvalue weighted by Crippen LogP contribution is 2.39. The summed E-state index contributed by atoms with van der Waals surface area (Å²) >= 11 is 14.0. The van der Waals surface area contributed by atoms with Crippen LogP contribution in [0, 0.1) is 0 Å². The molecule has 1 amide bonds. The maximum Gasteiger partial charge on any atom is 0.261 e. The molecule has 262 valence electrons. The summed E-state index contributed by atoms with van der Waals surface area (Å²) < 4.78 is 9.15. The monoisotopic (exact) mass is 742 g/mol. The Balaban J connectivity index is 1.17. The van der Waals surface area contributed by atoms with Crippen molar-refractivity contribution in [2.75, 3.05) is 0 Å². The minimum atomic E-state index is -2.84. The van der Waals surface area contributed by atoms with Gasteiger partial charge in [0.2, 0.25) is 5.91 Å². The van der Waals surface area contributed by atoms with Gasteiger partial charge in [-0.05, 0) is 81.2 Å². The first kappa shape index (κ1) is 36.7. The standard InChI is InChI=1S/C43H40Cl2N4O2Si/c1-43(2,3)52(36-12-6-4-7-13-36,37-14-8-5-9-15-37)51-31-38-39(44)21-22-40(42(38)45)49-28-10-11-35(49)30-48-41(50)23-18-33-17-20-34(47-29-33)19-16-32-24-26-46-27-25-32/h4-29H,30-31H2,1-3H3,(H,48,50)/b19-16+,23-18+. The van der Waals surface area contributed by atoms with Crippen LogP contribution in [-0.4, -0.2) is 28.8 Å². The molecular formula is C43H40Cl2N4O2Si. The van der Waals surface area contributed by atoms with Crippen LogP contribution in [-0.2, 0) is 22.4 Å². The molecule has 0 aliphatic carbocycles. The van der Waals surface area contributed by atoms with E-state index in [0.29, 0.717) is 22.2 Å². The number of carbonyl (C=O) groups is 1. The van der Waals surface area contributed by atoms with Gasteiger partial charge in [0.05, 0.1) is 29.6 Å². The zero-order valence-electron chi connectivity index (χ0n) is 29.3. The molecule has 0 saturated carbocycles. The van der Waals surface area contributed by atoms with Crippen molar-refractivity contribution in [3.63, 3.8) is 0 Å². The Morgan fingerprint density at radius 2 is 1.50 bits per heavy atom. The second-order valence-electron chi connectivity index (χ2n) is 13.4. The third-order valence-corrected chi connectivity index (χ3v) is 14.7. The Morgan fingerprint density at radius 1 is 0.808 bits per heavy atom. The van der Waals surface area contributed by atoms with E-state index < -0.39 is 8.32 Å². The molecule has 0 fully saturated rings.